The van der Waals surface area contributed by atoms with Gasteiger partial charge in [-0.3, -0.25) is 14.4 Å². The van der Waals surface area contributed by atoms with Crippen molar-refractivity contribution >= 4 is 35.4 Å². The number of benzene rings is 1. The molecule has 0 aliphatic carbocycles. The Bertz CT molecular complexity index is 1020. The largest absolute Gasteiger partial charge is 0.342 e. The lowest BCUT2D eigenvalue weighted by atomic mass is 9.77. The molecule has 0 aromatic heterocycles. The second-order valence-electron chi connectivity index (χ2n) is 10.9. The fourth-order valence-electron chi connectivity index (χ4n) is 6.19. The van der Waals surface area contributed by atoms with E-state index in [1.807, 2.05) is 21.6 Å². The molecule has 4 amide bonds. The molecule has 4 aliphatic heterocycles. The summed E-state index contributed by atoms with van der Waals surface area (Å²) in [5, 5.41) is 6.46. The minimum atomic E-state index is -0.0491. The molecule has 1 aromatic rings. The smallest absolute Gasteiger partial charge is 0.315 e. The van der Waals surface area contributed by atoms with Crippen molar-refractivity contribution in [1.29, 1.82) is 0 Å². The molecule has 194 valence electrons. The van der Waals surface area contributed by atoms with E-state index in [2.05, 4.69) is 10.6 Å². The van der Waals surface area contributed by atoms with E-state index >= 15 is 0 Å². The monoisotopic (exact) mass is 512 g/mol. The van der Waals surface area contributed by atoms with E-state index in [-0.39, 0.29) is 41.1 Å². The van der Waals surface area contributed by atoms with Crippen molar-refractivity contribution in [2.75, 3.05) is 31.9 Å². The van der Waals surface area contributed by atoms with Crippen LogP contribution in [-0.4, -0.2) is 82.7 Å². The molecule has 3 unspecified atom stereocenters. The van der Waals surface area contributed by atoms with Gasteiger partial charge in [-0.1, -0.05) is 18.6 Å². The summed E-state index contributed by atoms with van der Waals surface area (Å²) in [4.78, 5) is 52.8. The number of urea groups is 1. The van der Waals surface area contributed by atoms with E-state index < -0.39 is 0 Å². The SMILES string of the molecule is CC(=O)c1ccc(C(=O)N2CCC3(CCN(C(=O)CCCCC4SCC5NC(=O)NC54)C3)CC2)cc1. The number of thioether (sulfide) groups is 1. The molecule has 36 heavy (non-hydrogen) atoms. The van der Waals surface area contributed by atoms with Gasteiger partial charge in [-0.15, -0.1) is 0 Å². The van der Waals surface area contributed by atoms with Gasteiger partial charge < -0.3 is 20.4 Å². The van der Waals surface area contributed by atoms with Gasteiger partial charge in [-0.05, 0) is 56.6 Å². The highest BCUT2D eigenvalue weighted by molar-refractivity contribution is 8.00. The van der Waals surface area contributed by atoms with E-state index in [1.54, 1.807) is 24.3 Å². The molecule has 1 spiro atoms. The van der Waals surface area contributed by atoms with Crippen molar-refractivity contribution in [3.05, 3.63) is 35.4 Å². The van der Waals surface area contributed by atoms with Gasteiger partial charge in [-0.25, -0.2) is 4.79 Å². The molecule has 8 nitrogen and oxygen atoms in total. The van der Waals surface area contributed by atoms with E-state index in [4.69, 9.17) is 0 Å². The molecule has 3 atom stereocenters. The quantitative estimate of drug-likeness (QED) is 0.332. The first-order valence-electron chi connectivity index (χ1n) is 13.2. The number of likely N-dealkylation sites (tertiary alicyclic amines) is 2. The Morgan fingerprint density at radius 2 is 1.64 bits per heavy atom. The van der Waals surface area contributed by atoms with Crippen LogP contribution >= 0.6 is 11.8 Å². The zero-order valence-electron chi connectivity index (χ0n) is 21.0. The molecular weight excluding hydrogens is 476 g/mol. The fourth-order valence-corrected chi connectivity index (χ4v) is 7.74. The van der Waals surface area contributed by atoms with E-state index in [0.29, 0.717) is 35.9 Å². The van der Waals surface area contributed by atoms with Gasteiger partial charge in [-0.2, -0.15) is 11.8 Å². The van der Waals surface area contributed by atoms with Crippen LogP contribution in [0.3, 0.4) is 0 Å². The Hall–Kier alpha value is -2.55. The van der Waals surface area contributed by atoms with Crippen LogP contribution in [0.5, 0.6) is 0 Å². The lowest BCUT2D eigenvalue weighted by Crippen LogP contribution is -2.44. The average molecular weight is 513 g/mol. The second-order valence-corrected chi connectivity index (χ2v) is 12.1. The van der Waals surface area contributed by atoms with Gasteiger partial charge in [0.25, 0.3) is 5.91 Å². The van der Waals surface area contributed by atoms with Gasteiger partial charge in [0.1, 0.15) is 0 Å². The highest BCUT2D eigenvalue weighted by atomic mass is 32.2. The molecule has 2 N–H and O–H groups in total. The number of unbranched alkanes of at least 4 members (excludes halogenated alkanes) is 1. The van der Waals surface area contributed by atoms with Crippen molar-refractivity contribution in [1.82, 2.24) is 20.4 Å². The van der Waals surface area contributed by atoms with Gasteiger partial charge in [0, 0.05) is 54.7 Å². The minimum Gasteiger partial charge on any atom is -0.342 e. The number of hydrogen-bond donors (Lipinski definition) is 2. The van der Waals surface area contributed by atoms with Crippen LogP contribution in [0.4, 0.5) is 4.79 Å². The topological polar surface area (TPSA) is 98.8 Å². The van der Waals surface area contributed by atoms with E-state index in [0.717, 1.165) is 57.4 Å². The highest BCUT2D eigenvalue weighted by Gasteiger charge is 2.44. The lowest BCUT2D eigenvalue weighted by molar-refractivity contribution is -0.130. The number of rotatable bonds is 7. The minimum absolute atomic E-state index is 0.00294. The summed E-state index contributed by atoms with van der Waals surface area (Å²) >= 11 is 1.92. The summed E-state index contributed by atoms with van der Waals surface area (Å²) in [5.74, 6) is 1.24. The predicted octanol–water partition coefficient (Wildman–Crippen LogP) is 3.07. The molecule has 0 saturated carbocycles. The fraction of sp³-hybridized carbons (Fsp3) is 0.630. The number of piperidine rings is 1. The Labute approximate surface area is 216 Å². The third-order valence-corrected chi connectivity index (χ3v) is 10.0. The number of nitrogens with zero attached hydrogens (tertiary/aromatic N) is 2. The van der Waals surface area contributed by atoms with Crippen LogP contribution < -0.4 is 10.6 Å². The van der Waals surface area contributed by atoms with Gasteiger partial charge in [0.05, 0.1) is 12.1 Å². The molecule has 4 saturated heterocycles. The third kappa shape index (κ3) is 5.26. The second kappa shape index (κ2) is 10.4. The van der Waals surface area contributed by atoms with Crippen molar-refractivity contribution in [3.8, 4) is 0 Å². The number of nitrogens with one attached hydrogen (secondary N) is 2. The summed E-state index contributed by atoms with van der Waals surface area (Å²) < 4.78 is 0. The maximum Gasteiger partial charge on any atom is 0.315 e. The first-order valence-corrected chi connectivity index (χ1v) is 14.3. The Morgan fingerprint density at radius 3 is 2.33 bits per heavy atom. The zero-order valence-corrected chi connectivity index (χ0v) is 21.8. The number of ketones is 1. The van der Waals surface area contributed by atoms with Crippen molar-refractivity contribution in [3.63, 3.8) is 0 Å². The number of amides is 4. The van der Waals surface area contributed by atoms with Crippen LogP contribution in [-0.2, 0) is 4.79 Å². The number of carbonyl (C=O) groups excluding carboxylic acids is 4. The maximum absolute atomic E-state index is 12.9. The van der Waals surface area contributed by atoms with Crippen molar-refractivity contribution in [2.45, 2.75) is 69.2 Å². The lowest BCUT2D eigenvalue weighted by Gasteiger charge is -2.39. The predicted molar refractivity (Wildman–Crippen MR) is 139 cm³/mol. The summed E-state index contributed by atoms with van der Waals surface area (Å²) in [5.41, 5.74) is 1.37. The average Bonchev–Trinajstić information content (AvgIpc) is 3.57. The number of hydrogen-bond acceptors (Lipinski definition) is 5. The number of Topliss-reactive ketones (excluding diaryl/α,β-unsaturated/α-hetero) is 1. The molecule has 0 bridgehead atoms. The summed E-state index contributed by atoms with van der Waals surface area (Å²) in [6, 6.07) is 7.35. The van der Waals surface area contributed by atoms with Crippen LogP contribution in [0.2, 0.25) is 0 Å². The number of carbonyl (C=O) groups is 4. The summed E-state index contributed by atoms with van der Waals surface area (Å²) in [6.07, 6.45) is 6.39. The van der Waals surface area contributed by atoms with Crippen LogP contribution in [0.25, 0.3) is 0 Å². The zero-order chi connectivity index (χ0) is 25.3. The van der Waals surface area contributed by atoms with Crippen LogP contribution in [0, 0.1) is 5.41 Å². The van der Waals surface area contributed by atoms with Gasteiger partial charge in [0.15, 0.2) is 5.78 Å². The maximum atomic E-state index is 12.9. The molecule has 4 fully saturated rings. The van der Waals surface area contributed by atoms with Crippen molar-refractivity contribution in [2.24, 2.45) is 5.41 Å². The molecule has 1 aromatic carbocycles. The highest BCUT2D eigenvalue weighted by Crippen LogP contribution is 2.41. The Balaban J connectivity index is 1.03. The molecule has 9 heteroatoms. The first kappa shape index (κ1) is 25.1. The summed E-state index contributed by atoms with van der Waals surface area (Å²) in [7, 11) is 0. The van der Waals surface area contributed by atoms with Crippen LogP contribution in [0.15, 0.2) is 24.3 Å². The molecule has 0 radical (unpaired) electrons. The van der Waals surface area contributed by atoms with Crippen molar-refractivity contribution < 1.29 is 19.2 Å². The molecule has 5 rings (SSSR count). The Kier molecular flexibility index (Phi) is 7.28. The Morgan fingerprint density at radius 1 is 0.972 bits per heavy atom. The van der Waals surface area contributed by atoms with E-state index in [1.165, 1.54) is 6.92 Å². The van der Waals surface area contributed by atoms with Gasteiger partial charge in [0.2, 0.25) is 5.91 Å². The summed E-state index contributed by atoms with van der Waals surface area (Å²) in [6.45, 7) is 4.57. The molecule has 4 aliphatic rings. The first-order chi connectivity index (χ1) is 17.3. The van der Waals surface area contributed by atoms with E-state index in [9.17, 15) is 19.2 Å². The van der Waals surface area contributed by atoms with Crippen LogP contribution in [0.1, 0.15) is 72.6 Å². The van der Waals surface area contributed by atoms with Gasteiger partial charge >= 0.3 is 6.03 Å². The molecule has 4 heterocycles. The standard InChI is InChI=1S/C27H36N4O4S/c1-18(32)19-6-8-20(9-7-19)25(34)30-13-10-27(11-14-30)12-15-31(17-27)23(33)5-3-2-4-22-24-21(16-36-22)28-26(35)29-24/h6-9,21-22,24H,2-5,10-17H2,1H3,(H2,28,29,35). The third-order valence-electron chi connectivity index (χ3n) is 8.51. The normalized spacial score (nSPS) is 26.6. The number of fused-ring (bicyclic) bond motifs is 1. The molecular formula is C27H36N4O4S.